The van der Waals surface area contributed by atoms with E-state index < -0.39 is 6.09 Å². The highest BCUT2D eigenvalue weighted by Gasteiger charge is 1.99. The number of carbonyl (C=O) groups excluding carboxylic acids is 1. The summed E-state index contributed by atoms with van der Waals surface area (Å²) in [6.45, 7) is 0. The fraction of sp³-hybridized carbons (Fsp3) is 0. The van der Waals surface area contributed by atoms with Crippen molar-refractivity contribution >= 4 is 17.4 Å². The zero-order valence-electron chi connectivity index (χ0n) is 5.03. The van der Waals surface area contributed by atoms with Crippen LogP contribution in [0.25, 0.3) is 0 Å². The first-order chi connectivity index (χ1) is 4.83. The van der Waals surface area contributed by atoms with Crippen LogP contribution in [0.4, 0.5) is 4.79 Å². The average molecular weight is 158 g/mol. The minimum atomic E-state index is -0.651. The first kappa shape index (κ1) is 7.04. The Labute approximate surface area is 61.6 Å². The molecule has 0 bridgehead atoms. The fourth-order valence-corrected chi connectivity index (χ4v) is 1.01. The Morgan fingerprint density at radius 3 is 3.10 bits per heavy atom. The second kappa shape index (κ2) is 3.19. The molecule has 54 valence electrons. The molecule has 0 fully saturated rings. The van der Waals surface area contributed by atoms with Crippen molar-refractivity contribution < 1.29 is 9.53 Å². The first-order valence-electron chi connectivity index (χ1n) is 2.55. The van der Waals surface area contributed by atoms with Crippen molar-refractivity contribution in [3.63, 3.8) is 0 Å². The number of ether oxygens (including phenoxy) is 1. The Bertz CT molecular complexity index is 209. The highest BCUT2D eigenvalue weighted by atomic mass is 32.1. The van der Waals surface area contributed by atoms with Crippen LogP contribution in [0.15, 0.2) is 17.5 Å². The van der Waals surface area contributed by atoms with Crippen molar-refractivity contribution in [1.82, 2.24) is 5.43 Å². The van der Waals surface area contributed by atoms with Crippen LogP contribution < -0.4 is 16.0 Å². The van der Waals surface area contributed by atoms with Crippen molar-refractivity contribution in [2.24, 2.45) is 5.84 Å². The van der Waals surface area contributed by atoms with E-state index in [1.807, 2.05) is 5.43 Å². The fourth-order valence-electron chi connectivity index (χ4n) is 0.442. The van der Waals surface area contributed by atoms with Gasteiger partial charge in [-0.05, 0) is 17.5 Å². The Kier molecular flexibility index (Phi) is 2.24. The lowest BCUT2D eigenvalue weighted by Gasteiger charge is -1.96. The van der Waals surface area contributed by atoms with Crippen molar-refractivity contribution in [3.05, 3.63) is 17.5 Å². The van der Waals surface area contributed by atoms with Gasteiger partial charge in [-0.2, -0.15) is 0 Å². The highest BCUT2D eigenvalue weighted by Crippen LogP contribution is 2.17. The summed E-state index contributed by atoms with van der Waals surface area (Å²) in [6.07, 6.45) is -0.651. The quantitative estimate of drug-likeness (QED) is 0.359. The predicted octanol–water partition coefficient (Wildman–Crippen LogP) is 0.710. The molecule has 0 aliphatic carbocycles. The second-order valence-electron chi connectivity index (χ2n) is 1.47. The standard InChI is InChI=1S/C5H6N2O2S/c6-7-5(8)9-4-2-1-3-10-4/h1-3H,6H2,(H,7,8). The summed E-state index contributed by atoms with van der Waals surface area (Å²) in [7, 11) is 0. The molecule has 1 aromatic heterocycles. The maximum Gasteiger partial charge on any atom is 0.427 e. The monoisotopic (exact) mass is 158 g/mol. The van der Waals surface area contributed by atoms with Crippen molar-refractivity contribution in [3.8, 4) is 5.06 Å². The molecule has 1 rings (SSSR count). The van der Waals surface area contributed by atoms with Crippen LogP contribution in [0, 0.1) is 0 Å². The molecule has 0 atom stereocenters. The molecule has 10 heavy (non-hydrogen) atoms. The van der Waals surface area contributed by atoms with Gasteiger partial charge >= 0.3 is 6.09 Å². The summed E-state index contributed by atoms with van der Waals surface area (Å²) in [5, 5.41) is 2.34. The van der Waals surface area contributed by atoms with E-state index in [1.54, 1.807) is 17.5 Å². The number of nitrogens with two attached hydrogens (primary N) is 1. The largest absolute Gasteiger partial charge is 0.427 e. The van der Waals surface area contributed by atoms with E-state index in [1.165, 1.54) is 11.3 Å². The van der Waals surface area contributed by atoms with E-state index in [2.05, 4.69) is 4.74 Å². The van der Waals surface area contributed by atoms with Crippen LogP contribution in [0.2, 0.25) is 0 Å². The molecule has 1 heterocycles. The molecule has 0 saturated carbocycles. The second-order valence-corrected chi connectivity index (χ2v) is 2.38. The van der Waals surface area contributed by atoms with Gasteiger partial charge < -0.3 is 4.74 Å². The number of hydrogen-bond acceptors (Lipinski definition) is 4. The zero-order chi connectivity index (χ0) is 7.40. The van der Waals surface area contributed by atoms with E-state index in [0.717, 1.165) is 0 Å². The lowest BCUT2D eigenvalue weighted by molar-refractivity contribution is 0.202. The summed E-state index contributed by atoms with van der Waals surface area (Å²) >= 11 is 1.33. The van der Waals surface area contributed by atoms with Crippen molar-refractivity contribution in [1.29, 1.82) is 0 Å². The lowest BCUT2D eigenvalue weighted by Crippen LogP contribution is -2.32. The number of carbonyl (C=O) groups is 1. The summed E-state index contributed by atoms with van der Waals surface area (Å²) in [4.78, 5) is 10.4. The van der Waals surface area contributed by atoms with E-state index in [4.69, 9.17) is 5.84 Å². The molecule has 0 unspecified atom stereocenters. The van der Waals surface area contributed by atoms with Crippen molar-refractivity contribution in [2.75, 3.05) is 0 Å². The SMILES string of the molecule is NNC(=O)Oc1cccs1. The topological polar surface area (TPSA) is 64.3 Å². The molecule has 0 saturated heterocycles. The maximum atomic E-state index is 10.4. The van der Waals surface area contributed by atoms with Crippen LogP contribution in [-0.2, 0) is 0 Å². The third-order valence-electron chi connectivity index (χ3n) is 0.806. The maximum absolute atomic E-state index is 10.4. The van der Waals surface area contributed by atoms with Gasteiger partial charge in [0, 0.05) is 0 Å². The van der Waals surface area contributed by atoms with Crippen LogP contribution in [0.5, 0.6) is 5.06 Å². The van der Waals surface area contributed by atoms with Gasteiger partial charge in [0.15, 0.2) is 5.06 Å². The summed E-state index contributed by atoms with van der Waals surface area (Å²) < 4.78 is 4.65. The molecule has 0 aromatic carbocycles. The number of amides is 1. The Morgan fingerprint density at radius 2 is 2.60 bits per heavy atom. The molecule has 5 heteroatoms. The van der Waals surface area contributed by atoms with Crippen LogP contribution in [-0.4, -0.2) is 6.09 Å². The number of rotatable bonds is 1. The van der Waals surface area contributed by atoms with Crippen LogP contribution >= 0.6 is 11.3 Å². The van der Waals surface area contributed by atoms with Crippen LogP contribution in [0.1, 0.15) is 0 Å². The lowest BCUT2D eigenvalue weighted by atomic mass is 10.7. The molecule has 1 aromatic rings. The summed E-state index contributed by atoms with van der Waals surface area (Å²) in [6, 6.07) is 3.46. The number of hydrogen-bond donors (Lipinski definition) is 2. The van der Waals surface area contributed by atoms with Gasteiger partial charge in [0.2, 0.25) is 0 Å². The molecule has 0 aliphatic rings. The van der Waals surface area contributed by atoms with Gasteiger partial charge in [-0.3, -0.25) is 5.43 Å². The third-order valence-corrected chi connectivity index (χ3v) is 1.55. The minimum absolute atomic E-state index is 0.531. The van der Waals surface area contributed by atoms with Gasteiger partial charge in [0.1, 0.15) is 0 Å². The predicted molar refractivity (Wildman–Crippen MR) is 37.7 cm³/mol. The summed E-state index contributed by atoms with van der Waals surface area (Å²) in [5.74, 6) is 4.77. The van der Waals surface area contributed by atoms with E-state index in [-0.39, 0.29) is 0 Å². The number of thiophene rings is 1. The molecule has 3 N–H and O–H groups in total. The van der Waals surface area contributed by atoms with Gasteiger partial charge in [-0.1, -0.05) is 0 Å². The van der Waals surface area contributed by atoms with E-state index in [9.17, 15) is 4.79 Å². The Hall–Kier alpha value is -1.07. The number of nitrogens with one attached hydrogen (secondary N) is 1. The molecule has 0 spiro atoms. The zero-order valence-corrected chi connectivity index (χ0v) is 5.85. The van der Waals surface area contributed by atoms with Gasteiger partial charge in [-0.15, -0.1) is 11.3 Å². The highest BCUT2D eigenvalue weighted by molar-refractivity contribution is 7.11. The smallest absolute Gasteiger partial charge is 0.398 e. The molecule has 1 amide bonds. The van der Waals surface area contributed by atoms with E-state index >= 15 is 0 Å². The van der Waals surface area contributed by atoms with Gasteiger partial charge in [0.05, 0.1) is 0 Å². The normalized spacial score (nSPS) is 8.90. The van der Waals surface area contributed by atoms with E-state index in [0.29, 0.717) is 5.06 Å². The van der Waals surface area contributed by atoms with Gasteiger partial charge in [-0.25, -0.2) is 10.6 Å². The van der Waals surface area contributed by atoms with Gasteiger partial charge in [0.25, 0.3) is 0 Å². The molecule has 0 aliphatic heterocycles. The molecule has 4 nitrogen and oxygen atoms in total. The average Bonchev–Trinajstić information content (AvgIpc) is 2.40. The first-order valence-corrected chi connectivity index (χ1v) is 3.43. The number of hydrazine groups is 1. The molecular weight excluding hydrogens is 152 g/mol. The molecular formula is C5H6N2O2S. The third kappa shape index (κ3) is 1.71. The summed E-state index contributed by atoms with van der Waals surface area (Å²) in [5.41, 5.74) is 1.85. The van der Waals surface area contributed by atoms with Crippen LogP contribution in [0.3, 0.4) is 0 Å². The molecule has 0 radical (unpaired) electrons. The minimum Gasteiger partial charge on any atom is -0.398 e. The Morgan fingerprint density at radius 1 is 1.80 bits per heavy atom. The Balaban J connectivity index is 2.48. The van der Waals surface area contributed by atoms with Crippen molar-refractivity contribution in [2.45, 2.75) is 0 Å².